The van der Waals surface area contributed by atoms with E-state index in [-0.39, 0.29) is 54.2 Å². The molecule has 0 aliphatic heterocycles. The molecule has 2 aromatic heterocycles. The Morgan fingerprint density at radius 3 is 1.66 bits per heavy atom. The highest BCUT2D eigenvalue weighted by Crippen LogP contribution is 2.23. The molecule has 4 aromatic rings. The van der Waals surface area contributed by atoms with Crippen LogP contribution in [0.3, 0.4) is 0 Å². The monoisotopic (exact) mass is 754 g/mol. The fraction of sp³-hybridized carbons (Fsp3) is 0.303. The number of allylic oxidation sites excluding steroid dienone is 2. The molecule has 0 spiro atoms. The summed E-state index contributed by atoms with van der Waals surface area (Å²) >= 11 is 0. The lowest BCUT2D eigenvalue weighted by atomic mass is 10.1. The van der Waals surface area contributed by atoms with Crippen LogP contribution in [-0.2, 0) is 37.5 Å². The lowest BCUT2D eigenvalue weighted by Gasteiger charge is -2.19. The molecule has 0 bridgehead atoms. The van der Waals surface area contributed by atoms with Crippen LogP contribution in [0.5, 0.6) is 0 Å². The minimum atomic E-state index is -3.32. The number of amides is 1. The molecule has 0 atom stereocenters. The van der Waals surface area contributed by atoms with Crippen LogP contribution in [0.2, 0.25) is 0 Å². The molecule has 0 fully saturated rings. The van der Waals surface area contributed by atoms with Gasteiger partial charge in [-0.25, -0.2) is 30.4 Å². The summed E-state index contributed by atoms with van der Waals surface area (Å²) in [6.07, 6.45) is 10.6. The van der Waals surface area contributed by atoms with Gasteiger partial charge in [-0.15, -0.1) is 12.4 Å². The molecule has 0 saturated carbocycles. The molecule has 0 saturated heterocycles. The van der Waals surface area contributed by atoms with Crippen LogP contribution >= 0.6 is 12.4 Å². The summed E-state index contributed by atoms with van der Waals surface area (Å²) in [7, 11) is -6.58. The molecule has 12 nitrogen and oxygen atoms in total. The lowest BCUT2D eigenvalue weighted by molar-refractivity contribution is 0.0534. The third kappa shape index (κ3) is 13.9. The van der Waals surface area contributed by atoms with E-state index < -0.39 is 37.2 Å². The molecule has 2 aromatic carbocycles. The van der Waals surface area contributed by atoms with Crippen LogP contribution in [-0.4, -0.2) is 73.7 Å². The number of benzene rings is 2. The normalized spacial score (nSPS) is 12.4. The highest BCUT2D eigenvalue weighted by atomic mass is 35.5. The van der Waals surface area contributed by atoms with E-state index in [0.29, 0.717) is 16.7 Å². The molecule has 50 heavy (non-hydrogen) atoms. The minimum absolute atomic E-state index is 0. The number of aromatic nitrogens is 4. The van der Waals surface area contributed by atoms with E-state index in [0.717, 1.165) is 18.1 Å². The number of halogens is 3. The van der Waals surface area contributed by atoms with E-state index in [1.54, 1.807) is 75.8 Å². The van der Waals surface area contributed by atoms with Crippen molar-refractivity contribution in [1.82, 2.24) is 24.9 Å². The Morgan fingerprint density at radius 1 is 0.820 bits per heavy atom. The maximum atomic E-state index is 14.0. The van der Waals surface area contributed by atoms with E-state index in [4.69, 9.17) is 10.5 Å². The topological polar surface area (TPSA) is 168 Å². The first-order valence-electron chi connectivity index (χ1n) is 14.9. The molecule has 17 heteroatoms. The molecular weight excluding hydrogens is 714 g/mol. The van der Waals surface area contributed by atoms with Crippen LogP contribution in [0, 0.1) is 0 Å². The van der Waals surface area contributed by atoms with Crippen LogP contribution in [0.4, 0.5) is 13.6 Å². The number of alkyl carbamates (subject to hydrolysis) is 1. The quantitative estimate of drug-likeness (QED) is 0.200. The molecular formula is C33H41ClF2N6O6S2. The first-order chi connectivity index (χ1) is 22.8. The second-order valence-electron chi connectivity index (χ2n) is 11.9. The van der Waals surface area contributed by atoms with Gasteiger partial charge in [-0.2, -0.15) is 10.2 Å². The Balaban J connectivity index is 0.000000353. The van der Waals surface area contributed by atoms with Crippen molar-refractivity contribution in [1.29, 1.82) is 0 Å². The van der Waals surface area contributed by atoms with E-state index in [1.165, 1.54) is 39.8 Å². The van der Waals surface area contributed by atoms with Crippen molar-refractivity contribution < 1.29 is 35.1 Å². The van der Waals surface area contributed by atoms with E-state index in [2.05, 4.69) is 15.5 Å². The minimum Gasteiger partial charge on any atom is -0.444 e. The second-order valence-corrected chi connectivity index (χ2v) is 15.9. The molecule has 3 N–H and O–H groups in total. The molecule has 4 rings (SSSR count). The van der Waals surface area contributed by atoms with Gasteiger partial charge in [0.05, 0.1) is 35.3 Å². The predicted octanol–water partition coefficient (Wildman–Crippen LogP) is 5.52. The third-order valence-corrected chi connectivity index (χ3v) is 8.61. The van der Waals surface area contributed by atoms with E-state index in [1.807, 2.05) is 0 Å². The zero-order valence-corrected chi connectivity index (χ0v) is 30.7. The highest BCUT2D eigenvalue weighted by Gasteiger charge is 2.15. The Labute approximate surface area is 297 Å². The van der Waals surface area contributed by atoms with Gasteiger partial charge in [0, 0.05) is 49.1 Å². The number of rotatable bonds is 11. The Kier molecular flexibility index (Phi) is 15.1. The number of hydrogen-bond donors (Lipinski definition) is 2. The van der Waals surface area contributed by atoms with Gasteiger partial charge < -0.3 is 15.8 Å². The van der Waals surface area contributed by atoms with Gasteiger partial charge >= 0.3 is 6.09 Å². The van der Waals surface area contributed by atoms with E-state index in [9.17, 15) is 30.4 Å². The highest BCUT2D eigenvalue weighted by molar-refractivity contribution is 7.91. The van der Waals surface area contributed by atoms with Crippen molar-refractivity contribution in [2.24, 2.45) is 5.73 Å². The van der Waals surface area contributed by atoms with Crippen LogP contribution in [0.1, 0.15) is 20.8 Å². The number of carbonyl (C=O) groups is 1. The average Bonchev–Trinajstić information content (AvgIpc) is 3.66. The molecule has 272 valence electrons. The van der Waals surface area contributed by atoms with Gasteiger partial charge in [0.15, 0.2) is 19.7 Å². The van der Waals surface area contributed by atoms with Crippen molar-refractivity contribution in [2.75, 3.05) is 25.6 Å². The molecule has 0 radical (unpaired) electrons. The lowest BCUT2D eigenvalue weighted by Crippen LogP contribution is -2.32. The number of ether oxygens (including phenoxy) is 1. The first kappa shape index (κ1) is 41.8. The fourth-order valence-corrected chi connectivity index (χ4v) is 5.47. The molecule has 0 aliphatic rings. The molecule has 2 heterocycles. The summed E-state index contributed by atoms with van der Waals surface area (Å²) in [6, 6.07) is 13.0. The zero-order valence-electron chi connectivity index (χ0n) is 28.2. The molecule has 0 unspecified atom stereocenters. The van der Waals surface area contributed by atoms with Crippen molar-refractivity contribution in [3.05, 3.63) is 97.1 Å². The van der Waals surface area contributed by atoms with Crippen molar-refractivity contribution in [3.63, 3.8) is 0 Å². The summed E-state index contributed by atoms with van der Waals surface area (Å²) in [4.78, 5) is 12.0. The third-order valence-electron chi connectivity index (χ3n) is 6.39. The van der Waals surface area contributed by atoms with Gasteiger partial charge in [0.2, 0.25) is 0 Å². The fourth-order valence-electron chi connectivity index (χ4n) is 4.14. The number of nitrogens with one attached hydrogen (secondary N) is 1. The Hall–Kier alpha value is -4.38. The smallest absolute Gasteiger partial charge is 0.407 e. The Morgan fingerprint density at radius 2 is 1.26 bits per heavy atom. The van der Waals surface area contributed by atoms with Gasteiger partial charge in [-0.3, -0.25) is 9.36 Å². The van der Waals surface area contributed by atoms with Crippen molar-refractivity contribution in [2.45, 2.75) is 49.3 Å². The van der Waals surface area contributed by atoms with Gasteiger partial charge in [0.25, 0.3) is 0 Å². The summed E-state index contributed by atoms with van der Waals surface area (Å²) < 4.78 is 81.7. The number of sulfone groups is 2. The Bertz CT molecular complexity index is 2040. The predicted molar refractivity (Wildman–Crippen MR) is 190 cm³/mol. The standard InChI is InChI=1S/C19H24FN3O4S.C14H16FN3O2S.ClH/c1-19(2,3)27-18(24)21-9-8-16(20)13-23-12-15(11-22-23)14-6-5-7-17(10-14)28(4,25)26;1-21(19,20)14-4-2-3-11(7-14)12-8-17-18(9-12)10-13(15)5-6-16;/h5-8,10-12H,9,13H2,1-4H3,(H,21,24);2-5,7-9H,6,10,16H2,1H3;1H/b16-8-;13-5-;. The van der Waals surface area contributed by atoms with Gasteiger partial charge in [-0.05, 0) is 68.3 Å². The van der Waals surface area contributed by atoms with Crippen molar-refractivity contribution >= 4 is 38.2 Å². The SMILES string of the molecule is CC(C)(C)OC(=O)NC/C=C(\F)Cn1cc(-c2cccc(S(C)(=O)=O)c2)cn1.CS(=O)(=O)c1cccc(-c2cnn(C/C(F)=C/CN)c2)c1.Cl. The largest absolute Gasteiger partial charge is 0.444 e. The number of nitrogens with two attached hydrogens (primary N) is 1. The first-order valence-corrected chi connectivity index (χ1v) is 18.6. The average molecular weight is 755 g/mol. The second kappa shape index (κ2) is 18.0. The van der Waals surface area contributed by atoms with Gasteiger partial charge in [0.1, 0.15) is 17.3 Å². The van der Waals surface area contributed by atoms with Gasteiger partial charge in [-0.1, -0.05) is 24.3 Å². The summed E-state index contributed by atoms with van der Waals surface area (Å²) in [5, 5.41) is 10.6. The maximum absolute atomic E-state index is 14.0. The zero-order chi connectivity index (χ0) is 36.4. The molecule has 1 amide bonds. The molecule has 0 aliphatic carbocycles. The van der Waals surface area contributed by atoms with Crippen LogP contribution in [0.15, 0.2) is 107 Å². The number of carbonyl (C=O) groups excluding carboxylic acids is 1. The van der Waals surface area contributed by atoms with Crippen molar-refractivity contribution in [3.8, 4) is 22.3 Å². The van der Waals surface area contributed by atoms with Crippen LogP contribution < -0.4 is 11.1 Å². The van der Waals surface area contributed by atoms with E-state index >= 15 is 0 Å². The van der Waals surface area contributed by atoms with Crippen LogP contribution in [0.25, 0.3) is 22.3 Å². The number of hydrogen-bond acceptors (Lipinski definition) is 9. The summed E-state index contributed by atoms with van der Waals surface area (Å²) in [6.45, 7) is 5.24. The summed E-state index contributed by atoms with van der Waals surface area (Å²) in [5.74, 6) is -0.840. The summed E-state index contributed by atoms with van der Waals surface area (Å²) in [5.41, 5.74) is 7.40. The maximum Gasteiger partial charge on any atom is 0.407 e. The number of nitrogens with zero attached hydrogens (tertiary/aromatic N) is 4.